The SMILES string of the molecule is CCOC(=O)COc1cc(C(=O)OC)nn1C. The van der Waals surface area contributed by atoms with Crippen molar-refractivity contribution < 1.29 is 23.8 Å². The van der Waals surface area contributed by atoms with Crippen LogP contribution in [-0.2, 0) is 21.3 Å². The average Bonchev–Trinajstić information content (AvgIpc) is 2.67. The summed E-state index contributed by atoms with van der Waals surface area (Å²) in [4.78, 5) is 22.2. The second-order valence-electron chi connectivity index (χ2n) is 3.08. The zero-order valence-electron chi connectivity index (χ0n) is 9.93. The van der Waals surface area contributed by atoms with Crippen LogP contribution in [0, 0.1) is 0 Å². The largest absolute Gasteiger partial charge is 0.466 e. The number of hydrogen-bond acceptors (Lipinski definition) is 6. The highest BCUT2D eigenvalue weighted by Crippen LogP contribution is 2.12. The third-order valence-corrected chi connectivity index (χ3v) is 1.87. The molecule has 0 radical (unpaired) electrons. The molecular weight excluding hydrogens is 228 g/mol. The monoisotopic (exact) mass is 242 g/mol. The number of esters is 2. The summed E-state index contributed by atoms with van der Waals surface area (Å²) in [6, 6.07) is 1.39. The summed E-state index contributed by atoms with van der Waals surface area (Å²) in [5.41, 5.74) is 0.119. The molecule has 1 heterocycles. The molecule has 7 heteroatoms. The number of methoxy groups -OCH3 is 1. The summed E-state index contributed by atoms with van der Waals surface area (Å²) in [5.74, 6) is -0.752. The zero-order chi connectivity index (χ0) is 12.8. The smallest absolute Gasteiger partial charge is 0.358 e. The van der Waals surface area contributed by atoms with Crippen molar-refractivity contribution in [2.45, 2.75) is 6.92 Å². The van der Waals surface area contributed by atoms with Crippen molar-refractivity contribution in [2.75, 3.05) is 20.3 Å². The summed E-state index contributed by atoms with van der Waals surface area (Å²) in [7, 11) is 2.85. The molecule has 0 aliphatic carbocycles. The molecule has 0 saturated carbocycles. The molecular formula is C10H14N2O5. The number of aromatic nitrogens is 2. The fraction of sp³-hybridized carbons (Fsp3) is 0.500. The van der Waals surface area contributed by atoms with Crippen LogP contribution < -0.4 is 4.74 Å². The predicted octanol–water partition coefficient (Wildman–Crippen LogP) is 0.149. The van der Waals surface area contributed by atoms with E-state index in [1.807, 2.05) is 0 Å². The van der Waals surface area contributed by atoms with Crippen molar-refractivity contribution in [2.24, 2.45) is 7.05 Å². The van der Waals surface area contributed by atoms with E-state index >= 15 is 0 Å². The summed E-state index contributed by atoms with van der Waals surface area (Å²) < 4.78 is 15.7. The van der Waals surface area contributed by atoms with E-state index in [1.165, 1.54) is 17.9 Å². The lowest BCUT2D eigenvalue weighted by Gasteiger charge is -2.04. The highest BCUT2D eigenvalue weighted by Gasteiger charge is 2.14. The Balaban J connectivity index is 2.63. The standard InChI is InChI=1S/C10H14N2O5/c1-4-16-9(13)6-17-8-5-7(10(14)15-3)11-12(8)2/h5H,4,6H2,1-3H3. The van der Waals surface area contributed by atoms with Gasteiger partial charge in [-0.05, 0) is 6.92 Å². The van der Waals surface area contributed by atoms with E-state index in [4.69, 9.17) is 9.47 Å². The highest BCUT2D eigenvalue weighted by atomic mass is 16.6. The molecule has 0 N–H and O–H groups in total. The molecule has 1 aromatic heterocycles. The van der Waals surface area contributed by atoms with E-state index in [1.54, 1.807) is 14.0 Å². The van der Waals surface area contributed by atoms with Crippen LogP contribution in [0.25, 0.3) is 0 Å². The Morgan fingerprint density at radius 1 is 1.47 bits per heavy atom. The number of hydrogen-bond donors (Lipinski definition) is 0. The molecule has 0 amide bonds. The second-order valence-corrected chi connectivity index (χ2v) is 3.08. The normalized spacial score (nSPS) is 9.82. The van der Waals surface area contributed by atoms with Gasteiger partial charge in [-0.3, -0.25) is 0 Å². The predicted molar refractivity (Wildman–Crippen MR) is 56.7 cm³/mol. The molecule has 0 fully saturated rings. The van der Waals surface area contributed by atoms with Crippen LogP contribution in [0.1, 0.15) is 17.4 Å². The Morgan fingerprint density at radius 3 is 2.76 bits per heavy atom. The first kappa shape index (κ1) is 13.0. The molecule has 0 atom stereocenters. The van der Waals surface area contributed by atoms with E-state index < -0.39 is 11.9 Å². The van der Waals surface area contributed by atoms with Crippen LogP contribution in [0.3, 0.4) is 0 Å². The Hall–Kier alpha value is -2.05. The van der Waals surface area contributed by atoms with Crippen LogP contribution in [0.5, 0.6) is 5.88 Å². The molecule has 0 aliphatic heterocycles. The first-order chi connectivity index (χ1) is 8.08. The highest BCUT2D eigenvalue weighted by molar-refractivity contribution is 5.87. The first-order valence-electron chi connectivity index (χ1n) is 4.99. The Kier molecular flexibility index (Phi) is 4.50. The summed E-state index contributed by atoms with van der Waals surface area (Å²) in [6.07, 6.45) is 0. The molecule has 1 rings (SSSR count). The van der Waals surface area contributed by atoms with Crippen LogP contribution in [0.2, 0.25) is 0 Å². The second kappa shape index (κ2) is 5.88. The van der Waals surface area contributed by atoms with Crippen molar-refractivity contribution in [3.8, 4) is 5.88 Å². The molecule has 0 saturated heterocycles. The van der Waals surface area contributed by atoms with E-state index in [0.717, 1.165) is 0 Å². The van der Waals surface area contributed by atoms with Gasteiger partial charge < -0.3 is 14.2 Å². The van der Waals surface area contributed by atoms with Crippen molar-refractivity contribution in [1.82, 2.24) is 9.78 Å². The van der Waals surface area contributed by atoms with Gasteiger partial charge in [-0.1, -0.05) is 0 Å². The topological polar surface area (TPSA) is 79.7 Å². The van der Waals surface area contributed by atoms with Gasteiger partial charge >= 0.3 is 11.9 Å². The van der Waals surface area contributed by atoms with Gasteiger partial charge in [0.25, 0.3) is 0 Å². The maximum absolute atomic E-state index is 11.2. The minimum atomic E-state index is -0.563. The number of carbonyl (C=O) groups excluding carboxylic acids is 2. The zero-order valence-corrected chi connectivity index (χ0v) is 9.93. The fourth-order valence-electron chi connectivity index (χ4n) is 1.13. The van der Waals surface area contributed by atoms with Crippen molar-refractivity contribution in [1.29, 1.82) is 0 Å². The molecule has 0 bridgehead atoms. The first-order valence-corrected chi connectivity index (χ1v) is 4.99. The van der Waals surface area contributed by atoms with Crippen LogP contribution in [0.4, 0.5) is 0 Å². The van der Waals surface area contributed by atoms with E-state index in [-0.39, 0.29) is 12.3 Å². The van der Waals surface area contributed by atoms with Gasteiger partial charge in [0, 0.05) is 13.1 Å². The molecule has 7 nitrogen and oxygen atoms in total. The number of rotatable bonds is 5. The van der Waals surface area contributed by atoms with E-state index in [0.29, 0.717) is 12.5 Å². The minimum Gasteiger partial charge on any atom is -0.466 e. The Morgan fingerprint density at radius 2 is 2.18 bits per heavy atom. The maximum atomic E-state index is 11.2. The quantitative estimate of drug-likeness (QED) is 0.684. The molecule has 0 spiro atoms. The number of ether oxygens (including phenoxy) is 3. The maximum Gasteiger partial charge on any atom is 0.358 e. The fourth-order valence-corrected chi connectivity index (χ4v) is 1.13. The third kappa shape index (κ3) is 3.47. The summed E-state index contributed by atoms with van der Waals surface area (Å²) in [6.45, 7) is 1.77. The molecule has 0 aromatic carbocycles. The lowest BCUT2D eigenvalue weighted by atomic mass is 10.4. The van der Waals surface area contributed by atoms with Gasteiger partial charge in [0.15, 0.2) is 12.3 Å². The average molecular weight is 242 g/mol. The van der Waals surface area contributed by atoms with Gasteiger partial charge in [-0.15, -0.1) is 0 Å². The van der Waals surface area contributed by atoms with E-state index in [2.05, 4.69) is 9.84 Å². The van der Waals surface area contributed by atoms with E-state index in [9.17, 15) is 9.59 Å². The molecule has 17 heavy (non-hydrogen) atoms. The molecule has 1 aromatic rings. The molecule has 0 aliphatic rings. The van der Waals surface area contributed by atoms with Gasteiger partial charge in [0.1, 0.15) is 0 Å². The lowest BCUT2D eigenvalue weighted by molar-refractivity contribution is -0.145. The number of nitrogens with zero attached hydrogens (tertiary/aromatic N) is 2. The lowest BCUT2D eigenvalue weighted by Crippen LogP contribution is -2.15. The number of carbonyl (C=O) groups is 2. The van der Waals surface area contributed by atoms with Crippen molar-refractivity contribution >= 4 is 11.9 Å². The third-order valence-electron chi connectivity index (χ3n) is 1.87. The van der Waals surface area contributed by atoms with Gasteiger partial charge in [-0.25, -0.2) is 14.3 Å². The van der Waals surface area contributed by atoms with Crippen molar-refractivity contribution in [3.05, 3.63) is 11.8 Å². The van der Waals surface area contributed by atoms with Gasteiger partial charge in [0.2, 0.25) is 5.88 Å². The summed E-state index contributed by atoms with van der Waals surface area (Å²) >= 11 is 0. The van der Waals surface area contributed by atoms with Gasteiger partial charge in [-0.2, -0.15) is 5.10 Å². The Bertz CT molecular complexity index is 413. The molecule has 0 unspecified atom stereocenters. The van der Waals surface area contributed by atoms with Crippen LogP contribution in [0.15, 0.2) is 6.07 Å². The molecule has 94 valence electrons. The van der Waals surface area contributed by atoms with Gasteiger partial charge in [0.05, 0.1) is 13.7 Å². The van der Waals surface area contributed by atoms with Crippen LogP contribution in [-0.4, -0.2) is 42.0 Å². The summed E-state index contributed by atoms with van der Waals surface area (Å²) in [5, 5.41) is 3.87. The number of aryl methyl sites for hydroxylation is 1. The van der Waals surface area contributed by atoms with Crippen molar-refractivity contribution in [3.63, 3.8) is 0 Å². The minimum absolute atomic E-state index is 0.119. The Labute approximate surface area is 98.3 Å². The van der Waals surface area contributed by atoms with Crippen LogP contribution >= 0.6 is 0 Å².